The van der Waals surface area contributed by atoms with Crippen LogP contribution in [-0.4, -0.2) is 24.7 Å². The monoisotopic (exact) mass is 251 g/mol. The van der Waals surface area contributed by atoms with Gasteiger partial charge in [-0.1, -0.05) is 19.1 Å². The highest BCUT2D eigenvalue weighted by molar-refractivity contribution is 5.70. The molecule has 0 amide bonds. The molecule has 0 spiro atoms. The lowest BCUT2D eigenvalue weighted by Crippen LogP contribution is -2.25. The summed E-state index contributed by atoms with van der Waals surface area (Å²) in [6.45, 7) is 2.24. The van der Waals surface area contributed by atoms with E-state index in [-0.39, 0.29) is 12.5 Å². The van der Waals surface area contributed by atoms with E-state index in [9.17, 15) is 4.79 Å². The molecule has 0 radical (unpaired) electrons. The van der Waals surface area contributed by atoms with Crippen molar-refractivity contribution in [1.82, 2.24) is 0 Å². The average molecular weight is 251 g/mol. The first-order valence-electron chi connectivity index (χ1n) is 6.12. The molecule has 100 valence electrons. The second-order valence-electron chi connectivity index (χ2n) is 4.67. The molecule has 0 saturated heterocycles. The van der Waals surface area contributed by atoms with E-state index in [2.05, 4.69) is 0 Å². The fourth-order valence-corrected chi connectivity index (χ4v) is 2.07. The van der Waals surface area contributed by atoms with E-state index in [0.717, 1.165) is 17.7 Å². The van der Waals surface area contributed by atoms with Crippen LogP contribution in [0, 0.1) is 11.8 Å². The minimum Gasteiger partial charge on any atom is -0.497 e. The molecule has 0 heterocycles. The number of rotatable bonds is 7. The van der Waals surface area contributed by atoms with Crippen LogP contribution in [0.2, 0.25) is 0 Å². The van der Waals surface area contributed by atoms with Gasteiger partial charge in [-0.2, -0.15) is 0 Å². The van der Waals surface area contributed by atoms with E-state index in [0.29, 0.717) is 6.42 Å². The van der Waals surface area contributed by atoms with Crippen LogP contribution in [0.1, 0.15) is 18.9 Å². The maximum absolute atomic E-state index is 10.9. The normalized spacial score (nSPS) is 13.9. The molecule has 0 bridgehead atoms. The molecule has 2 atom stereocenters. The van der Waals surface area contributed by atoms with Crippen LogP contribution in [-0.2, 0) is 11.2 Å². The van der Waals surface area contributed by atoms with Gasteiger partial charge in [-0.3, -0.25) is 4.79 Å². The number of carbonyl (C=O) groups is 1. The number of carboxylic acids is 1. The summed E-state index contributed by atoms with van der Waals surface area (Å²) in [5.74, 6) is -0.157. The first-order chi connectivity index (χ1) is 8.56. The fraction of sp³-hybridized carbons (Fsp3) is 0.500. The van der Waals surface area contributed by atoms with Crippen LogP contribution in [0.5, 0.6) is 5.75 Å². The second kappa shape index (κ2) is 7.01. The number of aliphatic carboxylic acids is 1. The van der Waals surface area contributed by atoms with Crippen molar-refractivity contribution in [3.05, 3.63) is 29.8 Å². The molecule has 2 unspecified atom stereocenters. The summed E-state index contributed by atoms with van der Waals surface area (Å²) < 4.78 is 5.16. The first-order valence-corrected chi connectivity index (χ1v) is 6.12. The van der Waals surface area contributed by atoms with Gasteiger partial charge < -0.3 is 15.6 Å². The van der Waals surface area contributed by atoms with Crippen molar-refractivity contribution in [2.45, 2.75) is 19.8 Å². The second-order valence-corrected chi connectivity index (χ2v) is 4.67. The molecular weight excluding hydrogens is 230 g/mol. The Bertz CT molecular complexity index is 392. The number of carboxylic acid groups (broad SMARTS) is 1. The van der Waals surface area contributed by atoms with Crippen molar-refractivity contribution >= 4 is 5.97 Å². The number of hydrogen-bond acceptors (Lipinski definition) is 3. The lowest BCUT2D eigenvalue weighted by Gasteiger charge is -2.16. The number of nitrogens with two attached hydrogens (primary N) is 1. The fourth-order valence-electron chi connectivity index (χ4n) is 2.07. The summed E-state index contributed by atoms with van der Waals surface area (Å²) in [6.07, 6.45) is 1.43. The van der Waals surface area contributed by atoms with Gasteiger partial charge >= 0.3 is 5.97 Å². The molecule has 1 aromatic rings. The Morgan fingerprint density at radius 1 is 1.50 bits per heavy atom. The van der Waals surface area contributed by atoms with Crippen molar-refractivity contribution in [3.63, 3.8) is 0 Å². The third-order valence-corrected chi connectivity index (χ3v) is 3.04. The molecule has 4 nitrogen and oxygen atoms in total. The lowest BCUT2D eigenvalue weighted by molar-refractivity contribution is -0.141. The zero-order valence-corrected chi connectivity index (χ0v) is 10.9. The molecule has 0 aliphatic heterocycles. The Morgan fingerprint density at radius 3 is 2.78 bits per heavy atom. The third kappa shape index (κ3) is 4.37. The Kier molecular flexibility index (Phi) is 5.65. The molecule has 0 aromatic heterocycles. The van der Waals surface area contributed by atoms with Crippen LogP contribution in [0.15, 0.2) is 24.3 Å². The van der Waals surface area contributed by atoms with Crippen molar-refractivity contribution in [2.75, 3.05) is 13.7 Å². The van der Waals surface area contributed by atoms with Crippen molar-refractivity contribution in [3.8, 4) is 5.75 Å². The van der Waals surface area contributed by atoms with Gasteiger partial charge in [0.1, 0.15) is 5.75 Å². The maximum Gasteiger partial charge on any atom is 0.307 e. The van der Waals surface area contributed by atoms with E-state index in [1.807, 2.05) is 31.2 Å². The SMILES string of the molecule is COc1cccc(CC(C)CC(CN)C(=O)O)c1. The van der Waals surface area contributed by atoms with Gasteiger partial charge in [-0.05, 0) is 36.5 Å². The van der Waals surface area contributed by atoms with Gasteiger partial charge in [0.15, 0.2) is 0 Å². The summed E-state index contributed by atoms with van der Waals surface area (Å²) in [5.41, 5.74) is 6.62. The molecule has 1 aromatic carbocycles. The van der Waals surface area contributed by atoms with Crippen LogP contribution < -0.4 is 10.5 Å². The van der Waals surface area contributed by atoms with Gasteiger partial charge in [0.2, 0.25) is 0 Å². The number of methoxy groups -OCH3 is 1. The van der Waals surface area contributed by atoms with Crippen LogP contribution in [0.4, 0.5) is 0 Å². The third-order valence-electron chi connectivity index (χ3n) is 3.04. The Balaban J connectivity index is 2.58. The van der Waals surface area contributed by atoms with Crippen molar-refractivity contribution < 1.29 is 14.6 Å². The summed E-state index contributed by atoms with van der Waals surface area (Å²) in [6, 6.07) is 7.85. The quantitative estimate of drug-likeness (QED) is 0.776. The highest BCUT2D eigenvalue weighted by Gasteiger charge is 2.18. The molecule has 0 saturated carbocycles. The van der Waals surface area contributed by atoms with E-state index < -0.39 is 11.9 Å². The Labute approximate surface area is 108 Å². The standard InChI is InChI=1S/C14H21NO3/c1-10(7-12(9-15)14(16)17)6-11-4-3-5-13(8-11)18-2/h3-5,8,10,12H,6-7,9,15H2,1-2H3,(H,16,17). The van der Waals surface area contributed by atoms with Gasteiger partial charge in [0.25, 0.3) is 0 Å². The van der Waals surface area contributed by atoms with Crippen molar-refractivity contribution in [2.24, 2.45) is 17.6 Å². The van der Waals surface area contributed by atoms with E-state index in [4.69, 9.17) is 15.6 Å². The van der Waals surface area contributed by atoms with E-state index in [1.54, 1.807) is 7.11 Å². The highest BCUT2D eigenvalue weighted by atomic mass is 16.5. The van der Waals surface area contributed by atoms with Gasteiger partial charge in [0.05, 0.1) is 13.0 Å². The molecule has 0 aliphatic carbocycles. The molecule has 0 aliphatic rings. The number of hydrogen-bond donors (Lipinski definition) is 2. The first kappa shape index (κ1) is 14.5. The van der Waals surface area contributed by atoms with Gasteiger partial charge in [0, 0.05) is 6.54 Å². The molecule has 0 fully saturated rings. The molecule has 3 N–H and O–H groups in total. The molecular formula is C14H21NO3. The molecule has 4 heteroatoms. The predicted octanol–water partition coefficient (Wildman–Crippen LogP) is 1.92. The number of ether oxygens (including phenoxy) is 1. The number of benzene rings is 1. The lowest BCUT2D eigenvalue weighted by atomic mass is 9.91. The highest BCUT2D eigenvalue weighted by Crippen LogP contribution is 2.20. The zero-order valence-electron chi connectivity index (χ0n) is 10.9. The largest absolute Gasteiger partial charge is 0.497 e. The van der Waals surface area contributed by atoms with Crippen LogP contribution in [0.3, 0.4) is 0 Å². The molecule has 18 heavy (non-hydrogen) atoms. The van der Waals surface area contributed by atoms with E-state index >= 15 is 0 Å². The summed E-state index contributed by atoms with van der Waals surface area (Å²) >= 11 is 0. The summed E-state index contributed by atoms with van der Waals surface area (Å²) in [4.78, 5) is 10.9. The predicted molar refractivity (Wildman–Crippen MR) is 70.7 cm³/mol. The maximum atomic E-state index is 10.9. The molecule has 1 rings (SSSR count). The van der Waals surface area contributed by atoms with Gasteiger partial charge in [-0.25, -0.2) is 0 Å². The minimum atomic E-state index is -0.810. The average Bonchev–Trinajstić information content (AvgIpc) is 2.35. The van der Waals surface area contributed by atoms with Crippen LogP contribution >= 0.6 is 0 Å². The minimum absolute atomic E-state index is 0.192. The topological polar surface area (TPSA) is 72.5 Å². The Morgan fingerprint density at radius 2 is 2.22 bits per heavy atom. The smallest absolute Gasteiger partial charge is 0.307 e. The van der Waals surface area contributed by atoms with Gasteiger partial charge in [-0.15, -0.1) is 0 Å². The summed E-state index contributed by atoms with van der Waals surface area (Å²) in [7, 11) is 1.64. The Hall–Kier alpha value is -1.55. The zero-order chi connectivity index (χ0) is 13.5. The van der Waals surface area contributed by atoms with Crippen LogP contribution in [0.25, 0.3) is 0 Å². The van der Waals surface area contributed by atoms with E-state index in [1.165, 1.54) is 0 Å². The summed E-state index contributed by atoms with van der Waals surface area (Å²) in [5, 5.41) is 8.97. The van der Waals surface area contributed by atoms with Crippen molar-refractivity contribution in [1.29, 1.82) is 0 Å².